The van der Waals surface area contributed by atoms with Gasteiger partial charge in [-0.3, -0.25) is 0 Å². The molecule has 7 heteroatoms. The molecule has 1 aliphatic rings. The van der Waals surface area contributed by atoms with Gasteiger partial charge in [-0.05, 0) is 19.3 Å². The lowest BCUT2D eigenvalue weighted by Crippen LogP contribution is -2.60. The van der Waals surface area contributed by atoms with Crippen molar-refractivity contribution in [1.82, 2.24) is 8.61 Å². The second kappa shape index (κ2) is 7.70. The number of ether oxygens (including phenoxy) is 1. The number of rotatable bonds is 8. The number of hydrogen-bond acceptors (Lipinski definition) is 4. The molecule has 0 amide bonds. The van der Waals surface area contributed by atoms with Gasteiger partial charge in [-0.2, -0.15) is 17.0 Å². The summed E-state index contributed by atoms with van der Waals surface area (Å²) in [7, 11) is -3.47. The Morgan fingerprint density at radius 3 is 2.15 bits per heavy atom. The van der Waals surface area contributed by atoms with Crippen LogP contribution in [-0.2, 0) is 14.9 Å². The Morgan fingerprint density at radius 1 is 1.20 bits per heavy atom. The highest BCUT2D eigenvalue weighted by molar-refractivity contribution is 7.86. The van der Waals surface area contributed by atoms with Crippen LogP contribution >= 0.6 is 0 Å². The summed E-state index contributed by atoms with van der Waals surface area (Å²) in [5, 5.41) is 0. The minimum Gasteiger partial charge on any atom is -0.379 e. The Morgan fingerprint density at radius 2 is 1.75 bits per heavy atom. The summed E-state index contributed by atoms with van der Waals surface area (Å²) in [6.45, 7) is 8.66. The first-order valence-corrected chi connectivity index (χ1v) is 8.94. The van der Waals surface area contributed by atoms with Crippen LogP contribution in [0.4, 0.5) is 0 Å². The number of nitrogens with zero attached hydrogens (tertiary/aromatic N) is 2. The van der Waals surface area contributed by atoms with Gasteiger partial charge in [0.15, 0.2) is 0 Å². The molecule has 2 N–H and O–H groups in total. The fraction of sp³-hybridized carbons (Fsp3) is 1.00. The van der Waals surface area contributed by atoms with Crippen molar-refractivity contribution < 1.29 is 13.2 Å². The Bertz CT molecular complexity index is 368. The van der Waals surface area contributed by atoms with Crippen LogP contribution in [0, 0.1) is 0 Å². The van der Waals surface area contributed by atoms with Gasteiger partial charge < -0.3 is 10.5 Å². The quantitative estimate of drug-likeness (QED) is 0.719. The predicted molar refractivity (Wildman–Crippen MR) is 80.7 cm³/mol. The standard InChI is InChI=1S/C13H29N3O3S/c1-4-7-16(13(5-2,6-3)12-14)20(17,18)15-8-10-19-11-9-15/h4-12,14H2,1-3H3. The van der Waals surface area contributed by atoms with Gasteiger partial charge in [0.2, 0.25) is 0 Å². The molecule has 0 bridgehead atoms. The highest BCUT2D eigenvalue weighted by Gasteiger charge is 2.42. The topological polar surface area (TPSA) is 75.9 Å². The number of morpholine rings is 1. The maximum Gasteiger partial charge on any atom is 0.282 e. The Balaban J connectivity index is 3.10. The summed E-state index contributed by atoms with van der Waals surface area (Å²) in [6, 6.07) is 0. The Labute approximate surface area is 123 Å². The van der Waals surface area contributed by atoms with Crippen LogP contribution in [0.25, 0.3) is 0 Å². The molecule has 0 atom stereocenters. The molecule has 6 nitrogen and oxygen atoms in total. The van der Waals surface area contributed by atoms with E-state index < -0.39 is 15.7 Å². The van der Waals surface area contributed by atoms with Crippen LogP contribution in [-0.4, -0.2) is 62.0 Å². The van der Waals surface area contributed by atoms with E-state index >= 15 is 0 Å². The monoisotopic (exact) mass is 307 g/mol. The van der Waals surface area contributed by atoms with Gasteiger partial charge in [0.1, 0.15) is 0 Å². The van der Waals surface area contributed by atoms with Gasteiger partial charge >= 0.3 is 0 Å². The van der Waals surface area contributed by atoms with E-state index in [1.165, 1.54) is 4.31 Å². The molecule has 0 saturated carbocycles. The summed E-state index contributed by atoms with van der Waals surface area (Å²) < 4.78 is 34.3. The van der Waals surface area contributed by atoms with Crippen LogP contribution in [0.2, 0.25) is 0 Å². The van der Waals surface area contributed by atoms with Crippen LogP contribution in [0.5, 0.6) is 0 Å². The molecule has 0 spiro atoms. The zero-order chi connectivity index (χ0) is 15.2. The first-order valence-electron chi connectivity index (χ1n) is 7.54. The van der Waals surface area contributed by atoms with Gasteiger partial charge in [-0.15, -0.1) is 0 Å². The third kappa shape index (κ3) is 3.51. The highest BCUT2D eigenvalue weighted by atomic mass is 32.2. The van der Waals surface area contributed by atoms with Gasteiger partial charge in [-0.1, -0.05) is 20.8 Å². The van der Waals surface area contributed by atoms with Crippen molar-refractivity contribution in [2.24, 2.45) is 5.73 Å². The van der Waals surface area contributed by atoms with E-state index in [0.29, 0.717) is 39.4 Å². The van der Waals surface area contributed by atoms with Crippen LogP contribution in [0.1, 0.15) is 40.0 Å². The van der Waals surface area contributed by atoms with E-state index in [-0.39, 0.29) is 0 Å². The average molecular weight is 307 g/mol. The van der Waals surface area contributed by atoms with E-state index in [2.05, 4.69) is 0 Å². The first kappa shape index (κ1) is 17.8. The largest absolute Gasteiger partial charge is 0.379 e. The maximum absolute atomic E-state index is 12.9. The second-order valence-corrected chi connectivity index (χ2v) is 7.08. The Hall–Kier alpha value is -0.210. The van der Waals surface area contributed by atoms with Crippen molar-refractivity contribution in [3.05, 3.63) is 0 Å². The Kier molecular flexibility index (Phi) is 6.87. The van der Waals surface area contributed by atoms with Crippen LogP contribution < -0.4 is 5.73 Å². The molecule has 0 aliphatic carbocycles. The molecule has 1 aliphatic heterocycles. The molecule has 1 heterocycles. The van der Waals surface area contributed by atoms with Gasteiger partial charge in [0.25, 0.3) is 10.2 Å². The molecule has 20 heavy (non-hydrogen) atoms. The molecule has 0 aromatic rings. The minimum atomic E-state index is -3.47. The third-order valence-corrected chi connectivity index (χ3v) is 6.37. The highest BCUT2D eigenvalue weighted by Crippen LogP contribution is 2.28. The van der Waals surface area contributed by atoms with E-state index in [0.717, 1.165) is 19.3 Å². The van der Waals surface area contributed by atoms with E-state index in [1.807, 2.05) is 20.8 Å². The smallest absolute Gasteiger partial charge is 0.282 e. The fourth-order valence-corrected chi connectivity index (χ4v) is 4.83. The summed E-state index contributed by atoms with van der Waals surface area (Å²) in [4.78, 5) is 0. The van der Waals surface area contributed by atoms with Crippen molar-refractivity contribution in [2.75, 3.05) is 39.4 Å². The predicted octanol–water partition coefficient (Wildman–Crippen LogP) is 0.793. The molecule has 0 aromatic heterocycles. The molecule has 0 aromatic carbocycles. The van der Waals surface area contributed by atoms with Gasteiger partial charge in [-0.25, -0.2) is 0 Å². The summed E-state index contributed by atoms with van der Waals surface area (Å²) >= 11 is 0. The van der Waals surface area contributed by atoms with Crippen molar-refractivity contribution >= 4 is 10.2 Å². The summed E-state index contributed by atoms with van der Waals surface area (Å²) in [5.74, 6) is 0. The molecule has 1 fully saturated rings. The first-order chi connectivity index (χ1) is 9.48. The average Bonchev–Trinajstić information content (AvgIpc) is 2.49. The van der Waals surface area contributed by atoms with E-state index in [4.69, 9.17) is 10.5 Å². The van der Waals surface area contributed by atoms with Crippen molar-refractivity contribution in [2.45, 2.75) is 45.6 Å². The zero-order valence-electron chi connectivity index (χ0n) is 13.0. The molecule has 1 saturated heterocycles. The number of nitrogens with two attached hydrogens (primary N) is 1. The van der Waals surface area contributed by atoms with Crippen molar-refractivity contribution in [1.29, 1.82) is 0 Å². The normalized spacial score (nSPS) is 18.6. The minimum absolute atomic E-state index is 0.351. The zero-order valence-corrected chi connectivity index (χ0v) is 13.8. The van der Waals surface area contributed by atoms with Gasteiger partial charge in [0.05, 0.1) is 13.2 Å². The molecule has 0 unspecified atom stereocenters. The van der Waals surface area contributed by atoms with Crippen LogP contribution in [0.3, 0.4) is 0 Å². The fourth-order valence-electron chi connectivity index (χ4n) is 2.71. The molecule has 1 rings (SSSR count). The summed E-state index contributed by atoms with van der Waals surface area (Å²) in [6.07, 6.45) is 2.23. The number of hydrogen-bond donors (Lipinski definition) is 1. The van der Waals surface area contributed by atoms with Gasteiger partial charge in [0, 0.05) is 31.7 Å². The summed E-state index contributed by atoms with van der Waals surface area (Å²) in [5.41, 5.74) is 5.46. The van der Waals surface area contributed by atoms with Crippen molar-refractivity contribution in [3.63, 3.8) is 0 Å². The molecule has 120 valence electrons. The SMILES string of the molecule is CCCN(C(CC)(CC)CN)S(=O)(=O)N1CCOCC1. The lowest BCUT2D eigenvalue weighted by molar-refractivity contribution is 0.0654. The van der Waals surface area contributed by atoms with E-state index in [1.54, 1.807) is 4.31 Å². The molecular formula is C13H29N3O3S. The lowest BCUT2D eigenvalue weighted by atomic mass is 9.93. The molecular weight excluding hydrogens is 278 g/mol. The van der Waals surface area contributed by atoms with E-state index in [9.17, 15) is 8.42 Å². The maximum atomic E-state index is 12.9. The molecule has 0 radical (unpaired) electrons. The second-order valence-electron chi connectivity index (χ2n) is 5.23. The van der Waals surface area contributed by atoms with Crippen molar-refractivity contribution in [3.8, 4) is 0 Å². The lowest BCUT2D eigenvalue weighted by Gasteiger charge is -2.44. The van der Waals surface area contributed by atoms with Crippen LogP contribution in [0.15, 0.2) is 0 Å². The third-order valence-electron chi connectivity index (χ3n) is 4.23.